The van der Waals surface area contributed by atoms with E-state index in [1.54, 1.807) is 6.07 Å². The van der Waals surface area contributed by atoms with Crippen LogP contribution in [-0.2, 0) is 14.4 Å². The van der Waals surface area contributed by atoms with Crippen LogP contribution in [0.2, 0.25) is 0 Å². The number of rotatable bonds is 8. The molecule has 1 heterocycles. The van der Waals surface area contributed by atoms with Crippen LogP contribution < -0.4 is 10.1 Å². The zero-order chi connectivity index (χ0) is 24.3. The van der Waals surface area contributed by atoms with Gasteiger partial charge in [-0.05, 0) is 42.2 Å². The highest BCUT2D eigenvalue weighted by atomic mass is 32.2. The Morgan fingerprint density at radius 2 is 1.91 bits per heavy atom. The molecule has 0 spiro atoms. The van der Waals surface area contributed by atoms with Crippen molar-refractivity contribution in [3.05, 3.63) is 65.0 Å². The number of nitrogens with one attached hydrogen (secondary N) is 1. The molecular formula is C24H32NO6PS. The van der Waals surface area contributed by atoms with E-state index >= 15 is 0 Å². The Labute approximate surface area is 196 Å². The summed E-state index contributed by atoms with van der Waals surface area (Å²) in [6.45, 7) is 4.09. The zero-order valence-electron chi connectivity index (χ0n) is 19.2. The monoisotopic (exact) mass is 493 g/mol. The van der Waals surface area contributed by atoms with E-state index in [-0.39, 0.29) is 16.7 Å². The first-order chi connectivity index (χ1) is 15.5. The molecule has 2 aromatic carbocycles. The van der Waals surface area contributed by atoms with Gasteiger partial charge in [0.25, 0.3) is 0 Å². The average molecular weight is 494 g/mol. The molecule has 7 nitrogen and oxygen atoms in total. The van der Waals surface area contributed by atoms with Gasteiger partial charge in [-0.2, -0.15) is 0 Å². The Kier molecular flexibility index (Phi) is 7.87. The fraction of sp³-hybridized carbons (Fsp3) is 0.417. The number of hydrogen-bond donors (Lipinski definition) is 3. The summed E-state index contributed by atoms with van der Waals surface area (Å²) in [6.07, 6.45) is 4.44. The Bertz CT molecular complexity index is 1160. The second kappa shape index (κ2) is 10.1. The maximum Gasteiger partial charge on any atom is 0.349 e. The zero-order valence-corrected chi connectivity index (χ0v) is 20.9. The minimum atomic E-state index is -4.43. The first kappa shape index (κ1) is 25.7. The van der Waals surface area contributed by atoms with Crippen LogP contribution in [0.3, 0.4) is 0 Å². The highest BCUT2D eigenvalue weighted by Gasteiger charge is 2.42. The van der Waals surface area contributed by atoms with Gasteiger partial charge < -0.3 is 14.5 Å². The number of methoxy groups -OCH3 is 1. The summed E-state index contributed by atoms with van der Waals surface area (Å²) in [6, 6.07) is 12.4. The van der Waals surface area contributed by atoms with Gasteiger partial charge in [-0.15, -0.1) is 0 Å². The molecule has 180 valence electrons. The van der Waals surface area contributed by atoms with Crippen LogP contribution in [0.1, 0.15) is 62.3 Å². The molecule has 0 radical (unpaired) electrons. The molecule has 3 rings (SSSR count). The maximum absolute atomic E-state index is 13.7. The van der Waals surface area contributed by atoms with Crippen LogP contribution in [-0.4, -0.2) is 36.6 Å². The smallest absolute Gasteiger partial charge is 0.349 e. The lowest BCUT2D eigenvalue weighted by molar-refractivity contribution is 0.294. The first-order valence-corrected chi connectivity index (χ1v) is 14.4. The quantitative estimate of drug-likeness (QED) is 0.459. The van der Waals surface area contributed by atoms with Crippen molar-refractivity contribution < 1.29 is 27.5 Å². The molecule has 9 heteroatoms. The van der Waals surface area contributed by atoms with Crippen molar-refractivity contribution in [3.63, 3.8) is 0 Å². The van der Waals surface area contributed by atoms with Gasteiger partial charge in [-0.25, -0.2) is 8.42 Å². The van der Waals surface area contributed by atoms with Crippen LogP contribution >= 0.6 is 7.60 Å². The van der Waals surface area contributed by atoms with Gasteiger partial charge in [0, 0.05) is 16.9 Å². The molecule has 0 aromatic heterocycles. The standard InChI is InChI=1S/C24H32NO6PS/c1-4-6-13-24(5-2)17-33(29,30)22-15-19(12-14-32(26,27)28)21(31-3)16-20(22)23(25-24)18-10-8-7-9-11-18/h7-12,14-16,23,25H,4-6,13,17H2,1-3H3,(H2,26,27,28)/t23-,24-/m1/s1. The Balaban J connectivity index is 2.28. The van der Waals surface area contributed by atoms with Crippen LogP contribution in [0.25, 0.3) is 6.08 Å². The normalized spacial score (nSPS) is 22.6. The molecular weight excluding hydrogens is 461 g/mol. The van der Waals surface area contributed by atoms with E-state index in [9.17, 15) is 22.8 Å². The molecule has 0 unspecified atom stereocenters. The summed E-state index contributed by atoms with van der Waals surface area (Å²) in [5, 5.41) is 3.69. The molecule has 0 amide bonds. The van der Waals surface area contributed by atoms with Gasteiger partial charge >= 0.3 is 7.60 Å². The summed E-state index contributed by atoms with van der Waals surface area (Å²) in [5.41, 5.74) is 1.19. The maximum atomic E-state index is 13.7. The van der Waals surface area contributed by atoms with E-state index < -0.39 is 23.0 Å². The first-order valence-electron chi connectivity index (χ1n) is 11.1. The van der Waals surface area contributed by atoms with Gasteiger partial charge in [-0.1, -0.05) is 57.0 Å². The lowest BCUT2D eigenvalue weighted by atomic mass is 9.88. The number of benzene rings is 2. The third-order valence-corrected chi connectivity index (χ3v) is 8.69. The molecule has 3 N–H and O–H groups in total. The summed E-state index contributed by atoms with van der Waals surface area (Å²) < 4.78 is 44.3. The van der Waals surface area contributed by atoms with Crippen molar-refractivity contribution in [2.75, 3.05) is 12.9 Å². The van der Waals surface area contributed by atoms with E-state index in [0.29, 0.717) is 23.3 Å². The van der Waals surface area contributed by atoms with E-state index in [2.05, 4.69) is 12.2 Å². The fourth-order valence-electron chi connectivity index (χ4n) is 4.39. The van der Waals surface area contributed by atoms with Crippen LogP contribution in [0.15, 0.2) is 53.2 Å². The SMILES string of the molecule is CCCC[C@]1(CC)CS(=O)(=O)c2cc(C=CP(=O)(O)O)c(OC)cc2[C@@H](c2ccccc2)N1. The molecule has 0 saturated carbocycles. The minimum absolute atomic E-state index is 0.0548. The molecule has 33 heavy (non-hydrogen) atoms. The number of ether oxygens (including phenoxy) is 1. The molecule has 0 bridgehead atoms. The predicted molar refractivity (Wildman–Crippen MR) is 130 cm³/mol. The number of fused-ring (bicyclic) bond motifs is 1. The topological polar surface area (TPSA) is 113 Å². The Hall–Kier alpha value is -1.96. The second-order valence-electron chi connectivity index (χ2n) is 8.52. The molecule has 2 aromatic rings. The lowest BCUT2D eigenvalue weighted by Crippen LogP contribution is -2.50. The summed E-state index contributed by atoms with van der Waals surface area (Å²) in [5.74, 6) is 1.04. The second-order valence-corrected chi connectivity index (χ2v) is 12.0. The van der Waals surface area contributed by atoms with Crippen molar-refractivity contribution >= 4 is 23.5 Å². The number of sulfone groups is 1. The summed E-state index contributed by atoms with van der Waals surface area (Å²) >= 11 is 0. The molecule has 1 aliphatic heterocycles. The van der Waals surface area contributed by atoms with Gasteiger partial charge in [0.1, 0.15) is 5.75 Å². The highest BCUT2D eigenvalue weighted by molar-refractivity contribution is 7.91. The number of unbranched alkanes of at least 4 members (excludes halogenated alkanes) is 1. The fourth-order valence-corrected chi connectivity index (χ4v) is 6.90. The number of hydrogen-bond acceptors (Lipinski definition) is 5. The van der Waals surface area contributed by atoms with Crippen molar-refractivity contribution in [2.45, 2.75) is 56.0 Å². The van der Waals surface area contributed by atoms with E-state index in [1.165, 1.54) is 19.3 Å². The highest BCUT2D eigenvalue weighted by Crippen LogP contribution is 2.42. The van der Waals surface area contributed by atoms with Gasteiger partial charge in [0.05, 0.1) is 23.8 Å². The van der Waals surface area contributed by atoms with Crippen molar-refractivity contribution in [2.24, 2.45) is 0 Å². The van der Waals surface area contributed by atoms with Gasteiger partial charge in [-0.3, -0.25) is 9.88 Å². The Morgan fingerprint density at radius 1 is 1.21 bits per heavy atom. The molecule has 0 aliphatic carbocycles. The average Bonchev–Trinajstić information content (AvgIpc) is 2.88. The van der Waals surface area contributed by atoms with Gasteiger partial charge in [0.2, 0.25) is 0 Å². The van der Waals surface area contributed by atoms with Crippen LogP contribution in [0.4, 0.5) is 0 Å². The third kappa shape index (κ3) is 5.94. The predicted octanol–water partition coefficient (Wildman–Crippen LogP) is 4.65. The minimum Gasteiger partial charge on any atom is -0.496 e. The molecule has 2 atom stereocenters. The molecule has 0 fully saturated rings. The van der Waals surface area contributed by atoms with E-state index in [4.69, 9.17) is 4.74 Å². The van der Waals surface area contributed by atoms with E-state index in [1.807, 2.05) is 37.3 Å². The van der Waals surface area contributed by atoms with Crippen LogP contribution in [0.5, 0.6) is 5.75 Å². The molecule has 1 aliphatic rings. The van der Waals surface area contributed by atoms with Crippen LogP contribution in [0, 0.1) is 0 Å². The van der Waals surface area contributed by atoms with E-state index in [0.717, 1.165) is 30.6 Å². The summed E-state index contributed by atoms with van der Waals surface area (Å²) in [4.78, 5) is 18.7. The third-order valence-electron chi connectivity index (χ3n) is 6.19. The summed E-state index contributed by atoms with van der Waals surface area (Å²) in [7, 11) is -6.69. The van der Waals surface area contributed by atoms with Gasteiger partial charge in [0.15, 0.2) is 9.84 Å². The molecule has 0 saturated heterocycles. The van der Waals surface area contributed by atoms with Crippen molar-refractivity contribution in [3.8, 4) is 5.75 Å². The van der Waals surface area contributed by atoms with Crippen molar-refractivity contribution in [1.29, 1.82) is 0 Å². The lowest BCUT2D eigenvalue weighted by Gasteiger charge is -2.36. The van der Waals surface area contributed by atoms with Crippen molar-refractivity contribution in [1.82, 2.24) is 5.32 Å². The Morgan fingerprint density at radius 3 is 2.48 bits per heavy atom. The largest absolute Gasteiger partial charge is 0.496 e.